The first-order valence-corrected chi connectivity index (χ1v) is 4.50. The predicted molar refractivity (Wildman–Crippen MR) is 53.9 cm³/mol. The summed E-state index contributed by atoms with van der Waals surface area (Å²) in [5.74, 6) is 0. The molecule has 0 fully saturated rings. The molecule has 0 radical (unpaired) electrons. The minimum Gasteiger partial charge on any atom is -0.315 e. The third-order valence-corrected chi connectivity index (χ3v) is 1.90. The van der Waals surface area contributed by atoms with Gasteiger partial charge in [0.2, 0.25) is 5.56 Å². The van der Waals surface area contributed by atoms with Crippen LogP contribution in [0.2, 0.25) is 0 Å². The van der Waals surface area contributed by atoms with E-state index in [0.717, 1.165) is 19.5 Å². The molecule has 0 aliphatic heterocycles. The molecule has 1 rings (SSSR count). The first-order valence-electron chi connectivity index (χ1n) is 4.50. The number of aromatic nitrogens is 1. The molecule has 0 atom stereocenters. The Morgan fingerprint density at radius 3 is 2.77 bits per heavy atom. The van der Waals surface area contributed by atoms with Gasteiger partial charge in [-0.3, -0.25) is 4.79 Å². The first-order chi connectivity index (χ1) is 6.20. The Labute approximate surface area is 78.6 Å². The van der Waals surface area contributed by atoms with Crippen molar-refractivity contribution < 1.29 is 0 Å². The maximum Gasteiger partial charge on any atom is 0.250 e. The van der Waals surface area contributed by atoms with Crippen LogP contribution in [0.3, 0.4) is 0 Å². The molecular weight excluding hydrogens is 164 g/mol. The zero-order valence-corrected chi connectivity index (χ0v) is 8.23. The van der Waals surface area contributed by atoms with Gasteiger partial charge in [0.05, 0.1) is 0 Å². The fourth-order valence-electron chi connectivity index (χ4n) is 1.20. The average Bonchev–Trinajstić information content (AvgIpc) is 2.08. The molecule has 72 valence electrons. The molecule has 0 saturated heterocycles. The Balaban J connectivity index is 2.46. The Bertz CT molecular complexity index is 304. The summed E-state index contributed by atoms with van der Waals surface area (Å²) in [7, 11) is 4.07. The van der Waals surface area contributed by atoms with Crippen LogP contribution in [0, 0.1) is 0 Å². The Hall–Kier alpha value is -1.09. The van der Waals surface area contributed by atoms with Crippen LogP contribution in [0.1, 0.15) is 6.42 Å². The van der Waals surface area contributed by atoms with Gasteiger partial charge >= 0.3 is 0 Å². The van der Waals surface area contributed by atoms with Gasteiger partial charge in [0.25, 0.3) is 0 Å². The maximum atomic E-state index is 11.2. The molecule has 0 saturated carbocycles. The van der Waals surface area contributed by atoms with E-state index in [1.165, 1.54) is 0 Å². The maximum absolute atomic E-state index is 11.2. The van der Waals surface area contributed by atoms with E-state index in [4.69, 9.17) is 0 Å². The van der Waals surface area contributed by atoms with E-state index >= 15 is 0 Å². The number of rotatable bonds is 4. The van der Waals surface area contributed by atoms with E-state index in [9.17, 15) is 4.79 Å². The normalized spacial score (nSPS) is 10.7. The molecule has 0 amide bonds. The molecule has 1 heterocycles. The van der Waals surface area contributed by atoms with E-state index in [1.807, 2.05) is 26.4 Å². The molecule has 0 unspecified atom stereocenters. The lowest BCUT2D eigenvalue weighted by Gasteiger charge is -2.09. The zero-order valence-electron chi connectivity index (χ0n) is 8.23. The molecule has 0 aromatic carbocycles. The lowest BCUT2D eigenvalue weighted by atomic mass is 10.4. The van der Waals surface area contributed by atoms with Crippen LogP contribution in [-0.4, -0.2) is 30.1 Å². The summed E-state index contributed by atoms with van der Waals surface area (Å²) in [6.07, 6.45) is 2.84. The van der Waals surface area contributed by atoms with Crippen molar-refractivity contribution in [1.29, 1.82) is 0 Å². The lowest BCUT2D eigenvalue weighted by molar-refractivity contribution is 0.385. The van der Waals surface area contributed by atoms with Crippen molar-refractivity contribution in [2.45, 2.75) is 13.0 Å². The third-order valence-electron chi connectivity index (χ3n) is 1.90. The SMILES string of the molecule is CN(C)CCCn1ccccc1=O. The highest BCUT2D eigenvalue weighted by Crippen LogP contribution is 1.88. The van der Waals surface area contributed by atoms with Gasteiger partial charge in [0.15, 0.2) is 0 Å². The fraction of sp³-hybridized carbons (Fsp3) is 0.500. The van der Waals surface area contributed by atoms with Crippen LogP contribution < -0.4 is 5.56 Å². The number of hydrogen-bond acceptors (Lipinski definition) is 2. The van der Waals surface area contributed by atoms with Crippen LogP contribution in [0.5, 0.6) is 0 Å². The van der Waals surface area contributed by atoms with E-state index in [0.29, 0.717) is 0 Å². The highest BCUT2D eigenvalue weighted by atomic mass is 16.1. The quantitative estimate of drug-likeness (QED) is 0.684. The van der Waals surface area contributed by atoms with Crippen LogP contribution in [0.4, 0.5) is 0 Å². The number of nitrogens with zero attached hydrogens (tertiary/aromatic N) is 2. The Morgan fingerprint density at radius 1 is 1.38 bits per heavy atom. The van der Waals surface area contributed by atoms with Gasteiger partial charge in [-0.25, -0.2) is 0 Å². The Kier molecular flexibility index (Phi) is 3.71. The van der Waals surface area contributed by atoms with E-state index in [2.05, 4.69) is 4.90 Å². The third kappa shape index (κ3) is 3.42. The van der Waals surface area contributed by atoms with E-state index in [-0.39, 0.29) is 5.56 Å². The van der Waals surface area contributed by atoms with Gasteiger partial charge in [-0.05, 0) is 33.1 Å². The van der Waals surface area contributed by atoms with Crippen molar-refractivity contribution >= 4 is 0 Å². The molecule has 1 aromatic rings. The number of hydrogen-bond donors (Lipinski definition) is 0. The molecular formula is C10H16N2O. The highest BCUT2D eigenvalue weighted by Gasteiger charge is 1.94. The van der Waals surface area contributed by atoms with Gasteiger partial charge < -0.3 is 9.47 Å². The fourth-order valence-corrected chi connectivity index (χ4v) is 1.20. The standard InChI is InChI=1S/C10H16N2O/c1-11(2)7-5-9-12-8-4-3-6-10(12)13/h3-4,6,8H,5,7,9H2,1-2H3. The Morgan fingerprint density at radius 2 is 2.15 bits per heavy atom. The summed E-state index contributed by atoms with van der Waals surface area (Å²) in [4.78, 5) is 13.4. The van der Waals surface area contributed by atoms with Gasteiger partial charge in [0, 0.05) is 18.8 Å². The van der Waals surface area contributed by atoms with E-state index in [1.54, 1.807) is 16.7 Å². The molecule has 0 N–H and O–H groups in total. The van der Waals surface area contributed by atoms with Gasteiger partial charge in [-0.15, -0.1) is 0 Å². The molecule has 0 bridgehead atoms. The van der Waals surface area contributed by atoms with Crippen LogP contribution in [0.25, 0.3) is 0 Å². The monoisotopic (exact) mass is 180 g/mol. The molecule has 0 aliphatic rings. The van der Waals surface area contributed by atoms with Gasteiger partial charge in [0.1, 0.15) is 0 Å². The predicted octanol–water partition coefficient (Wildman–Crippen LogP) is 0.800. The summed E-state index contributed by atoms with van der Waals surface area (Å²) in [5.41, 5.74) is 0.0845. The number of pyridine rings is 1. The van der Waals surface area contributed by atoms with Gasteiger partial charge in [-0.2, -0.15) is 0 Å². The van der Waals surface area contributed by atoms with Crippen LogP contribution in [-0.2, 0) is 6.54 Å². The largest absolute Gasteiger partial charge is 0.315 e. The minimum absolute atomic E-state index is 0.0845. The molecule has 1 aromatic heterocycles. The van der Waals surface area contributed by atoms with Crippen molar-refractivity contribution in [3.8, 4) is 0 Å². The summed E-state index contributed by atoms with van der Waals surface area (Å²) < 4.78 is 1.74. The molecule has 3 heteroatoms. The van der Waals surface area contributed by atoms with Crippen molar-refractivity contribution in [2.24, 2.45) is 0 Å². The summed E-state index contributed by atoms with van der Waals surface area (Å²) in [6.45, 7) is 1.82. The van der Waals surface area contributed by atoms with Crippen LogP contribution >= 0.6 is 0 Å². The molecule has 0 aliphatic carbocycles. The zero-order chi connectivity index (χ0) is 9.68. The second-order valence-electron chi connectivity index (χ2n) is 3.39. The van der Waals surface area contributed by atoms with Crippen molar-refractivity contribution in [3.05, 3.63) is 34.7 Å². The average molecular weight is 180 g/mol. The molecule has 13 heavy (non-hydrogen) atoms. The second-order valence-corrected chi connectivity index (χ2v) is 3.39. The smallest absolute Gasteiger partial charge is 0.250 e. The number of aryl methyl sites for hydroxylation is 1. The van der Waals surface area contributed by atoms with Crippen LogP contribution in [0.15, 0.2) is 29.2 Å². The molecule has 0 spiro atoms. The van der Waals surface area contributed by atoms with Crippen molar-refractivity contribution in [2.75, 3.05) is 20.6 Å². The molecule has 3 nitrogen and oxygen atoms in total. The lowest BCUT2D eigenvalue weighted by Crippen LogP contribution is -2.21. The summed E-state index contributed by atoms with van der Waals surface area (Å²) >= 11 is 0. The highest BCUT2D eigenvalue weighted by molar-refractivity contribution is 4.92. The van der Waals surface area contributed by atoms with Gasteiger partial charge in [-0.1, -0.05) is 6.07 Å². The summed E-state index contributed by atoms with van der Waals surface area (Å²) in [6, 6.07) is 5.25. The first kappa shape index (κ1) is 9.99. The minimum atomic E-state index is 0.0845. The van der Waals surface area contributed by atoms with Crippen molar-refractivity contribution in [3.63, 3.8) is 0 Å². The van der Waals surface area contributed by atoms with Crippen molar-refractivity contribution in [1.82, 2.24) is 9.47 Å². The topological polar surface area (TPSA) is 25.2 Å². The van der Waals surface area contributed by atoms with E-state index < -0.39 is 0 Å². The summed E-state index contributed by atoms with van der Waals surface area (Å²) in [5, 5.41) is 0. The second kappa shape index (κ2) is 4.82.